The van der Waals surface area contributed by atoms with Crippen LogP contribution in [0.5, 0.6) is 0 Å². The molecule has 17 heavy (non-hydrogen) atoms. The molecule has 0 bridgehead atoms. The number of rotatable bonds is 5. The topological polar surface area (TPSA) is 38.1 Å². The summed E-state index contributed by atoms with van der Waals surface area (Å²) in [5.74, 6) is 0.842. The van der Waals surface area contributed by atoms with Gasteiger partial charge in [0.25, 0.3) is 0 Å². The quantitative estimate of drug-likeness (QED) is 0.786. The molecular weight excluding hydrogens is 214 g/mol. The first-order valence-corrected chi connectivity index (χ1v) is 6.53. The number of likely N-dealkylation sites (tertiary alicyclic amines) is 1. The highest BCUT2D eigenvalue weighted by molar-refractivity contribution is 5.78. The number of carbonyl (C=O) groups excluding carboxylic acids is 1. The number of carbonyl (C=O) groups is 1. The van der Waals surface area contributed by atoms with Gasteiger partial charge in [-0.1, -0.05) is 20.3 Å². The Bertz CT molecular complexity index is 361. The molecule has 1 fully saturated rings. The van der Waals surface area contributed by atoms with E-state index in [1.807, 2.05) is 15.7 Å². The second-order valence-corrected chi connectivity index (χ2v) is 4.80. The Labute approximate surface area is 103 Å². The second-order valence-electron chi connectivity index (χ2n) is 4.80. The number of hydrogen-bond donors (Lipinski definition) is 0. The lowest BCUT2D eigenvalue weighted by molar-refractivity contribution is -0.131. The molecule has 0 N–H and O–H groups in total. The highest BCUT2D eigenvalue weighted by Gasteiger charge is 2.33. The minimum Gasteiger partial charge on any atom is -0.322 e. The normalized spacial score (nSPS) is 22.1. The molecular formula is C13H21N3O. The van der Waals surface area contributed by atoms with Crippen molar-refractivity contribution in [2.75, 3.05) is 6.54 Å². The van der Waals surface area contributed by atoms with Crippen LogP contribution in [-0.2, 0) is 4.79 Å². The average Bonchev–Trinajstić information content (AvgIpc) is 2.92. The molecule has 1 aromatic rings. The Kier molecular flexibility index (Phi) is 3.82. The summed E-state index contributed by atoms with van der Waals surface area (Å²) in [5, 5.41) is 0. The third kappa shape index (κ3) is 2.51. The molecule has 2 atom stereocenters. The zero-order valence-corrected chi connectivity index (χ0v) is 10.7. The van der Waals surface area contributed by atoms with Crippen LogP contribution < -0.4 is 0 Å². The van der Waals surface area contributed by atoms with Crippen LogP contribution >= 0.6 is 0 Å². The van der Waals surface area contributed by atoms with Gasteiger partial charge < -0.3 is 9.47 Å². The molecule has 0 saturated carbocycles. The molecule has 0 radical (unpaired) electrons. The predicted octanol–water partition coefficient (Wildman–Crippen LogP) is 2.44. The third-order valence-electron chi connectivity index (χ3n) is 3.53. The fourth-order valence-electron chi connectivity index (χ4n) is 2.74. The molecule has 1 aromatic heterocycles. The monoisotopic (exact) mass is 235 g/mol. The molecule has 2 heterocycles. The van der Waals surface area contributed by atoms with E-state index in [4.69, 9.17) is 0 Å². The smallest absolute Gasteiger partial charge is 0.224 e. The molecule has 4 heteroatoms. The molecule has 0 aromatic carbocycles. The summed E-state index contributed by atoms with van der Waals surface area (Å²) in [4.78, 5) is 18.1. The van der Waals surface area contributed by atoms with Gasteiger partial charge in [0.1, 0.15) is 6.17 Å². The van der Waals surface area contributed by atoms with Crippen LogP contribution in [0.2, 0.25) is 0 Å². The zero-order valence-electron chi connectivity index (χ0n) is 10.7. The minimum atomic E-state index is 0.145. The zero-order chi connectivity index (χ0) is 12.3. The van der Waals surface area contributed by atoms with Crippen LogP contribution in [0, 0.1) is 5.92 Å². The van der Waals surface area contributed by atoms with Crippen LogP contribution in [-0.4, -0.2) is 26.9 Å². The molecule has 2 rings (SSSR count). The van der Waals surface area contributed by atoms with Gasteiger partial charge in [-0.3, -0.25) is 4.79 Å². The Morgan fingerprint density at radius 3 is 2.94 bits per heavy atom. The van der Waals surface area contributed by atoms with E-state index in [1.54, 1.807) is 12.5 Å². The lowest BCUT2D eigenvalue weighted by atomic mass is 10.0. The maximum absolute atomic E-state index is 12.0. The molecule has 1 aliphatic rings. The van der Waals surface area contributed by atoms with Crippen molar-refractivity contribution < 1.29 is 4.79 Å². The van der Waals surface area contributed by atoms with Crippen LogP contribution in [0.3, 0.4) is 0 Å². The average molecular weight is 235 g/mol. The molecule has 94 valence electrons. The Morgan fingerprint density at radius 2 is 2.35 bits per heavy atom. The lowest BCUT2D eigenvalue weighted by Gasteiger charge is -2.28. The highest BCUT2D eigenvalue weighted by atomic mass is 16.2. The predicted molar refractivity (Wildman–Crippen MR) is 66.3 cm³/mol. The van der Waals surface area contributed by atoms with Crippen molar-refractivity contribution in [3.05, 3.63) is 18.7 Å². The second kappa shape index (κ2) is 5.34. The van der Waals surface area contributed by atoms with Gasteiger partial charge in [0.2, 0.25) is 5.91 Å². The van der Waals surface area contributed by atoms with Crippen LogP contribution in [0.15, 0.2) is 18.7 Å². The van der Waals surface area contributed by atoms with Gasteiger partial charge in [-0.15, -0.1) is 0 Å². The number of nitrogens with zero attached hydrogens (tertiary/aromatic N) is 3. The fourth-order valence-corrected chi connectivity index (χ4v) is 2.74. The summed E-state index contributed by atoms with van der Waals surface area (Å²) in [6, 6.07) is 0. The number of amides is 1. The van der Waals surface area contributed by atoms with E-state index in [0.717, 1.165) is 32.2 Å². The molecule has 0 spiro atoms. The van der Waals surface area contributed by atoms with Gasteiger partial charge in [0.15, 0.2) is 0 Å². The van der Waals surface area contributed by atoms with Gasteiger partial charge >= 0.3 is 0 Å². The van der Waals surface area contributed by atoms with Crippen LogP contribution in [0.4, 0.5) is 0 Å². The van der Waals surface area contributed by atoms with E-state index in [2.05, 4.69) is 18.8 Å². The Hall–Kier alpha value is -1.32. The van der Waals surface area contributed by atoms with Crippen molar-refractivity contribution >= 4 is 5.91 Å². The number of aromatic nitrogens is 2. The maximum Gasteiger partial charge on any atom is 0.224 e. The highest BCUT2D eigenvalue weighted by Crippen LogP contribution is 2.29. The Balaban J connectivity index is 2.08. The summed E-state index contributed by atoms with van der Waals surface area (Å²) in [5.41, 5.74) is 0. The summed E-state index contributed by atoms with van der Waals surface area (Å²) < 4.78 is 2.03. The lowest BCUT2D eigenvalue weighted by Crippen LogP contribution is -2.33. The molecule has 1 amide bonds. The molecule has 2 unspecified atom stereocenters. The van der Waals surface area contributed by atoms with E-state index in [9.17, 15) is 4.79 Å². The molecule has 1 aliphatic heterocycles. The summed E-state index contributed by atoms with van der Waals surface area (Å²) in [6.45, 7) is 5.20. The third-order valence-corrected chi connectivity index (χ3v) is 3.53. The molecule has 1 saturated heterocycles. The van der Waals surface area contributed by atoms with Gasteiger partial charge in [-0.25, -0.2) is 4.98 Å². The minimum absolute atomic E-state index is 0.145. The van der Waals surface area contributed by atoms with Crippen molar-refractivity contribution in [1.29, 1.82) is 0 Å². The first-order chi connectivity index (χ1) is 8.26. The van der Waals surface area contributed by atoms with Crippen LogP contribution in [0.1, 0.15) is 45.7 Å². The maximum atomic E-state index is 12.0. The van der Waals surface area contributed by atoms with Crippen molar-refractivity contribution in [2.24, 2.45) is 5.92 Å². The largest absolute Gasteiger partial charge is 0.322 e. The SMILES string of the molecule is CCCC1CC(=O)N(C(CC)n2ccnc2)C1. The number of hydrogen-bond acceptors (Lipinski definition) is 2. The summed E-state index contributed by atoms with van der Waals surface area (Å²) >= 11 is 0. The van der Waals surface area contributed by atoms with Crippen molar-refractivity contribution in [3.8, 4) is 0 Å². The van der Waals surface area contributed by atoms with Gasteiger partial charge in [-0.05, 0) is 18.8 Å². The van der Waals surface area contributed by atoms with E-state index >= 15 is 0 Å². The first kappa shape index (κ1) is 12.1. The Morgan fingerprint density at radius 1 is 1.53 bits per heavy atom. The van der Waals surface area contributed by atoms with Gasteiger partial charge in [-0.2, -0.15) is 0 Å². The molecule has 0 aliphatic carbocycles. The van der Waals surface area contributed by atoms with Gasteiger partial charge in [0, 0.05) is 25.4 Å². The van der Waals surface area contributed by atoms with E-state index < -0.39 is 0 Å². The van der Waals surface area contributed by atoms with Gasteiger partial charge in [0.05, 0.1) is 6.33 Å². The number of imidazole rings is 1. The molecule has 4 nitrogen and oxygen atoms in total. The van der Waals surface area contributed by atoms with Crippen molar-refractivity contribution in [2.45, 2.75) is 45.7 Å². The van der Waals surface area contributed by atoms with E-state index in [0.29, 0.717) is 11.8 Å². The van der Waals surface area contributed by atoms with Crippen LogP contribution in [0.25, 0.3) is 0 Å². The van der Waals surface area contributed by atoms with E-state index in [1.165, 1.54) is 0 Å². The van der Waals surface area contributed by atoms with E-state index in [-0.39, 0.29) is 6.17 Å². The summed E-state index contributed by atoms with van der Waals surface area (Å²) in [6.07, 6.45) is 9.62. The standard InChI is InChI=1S/C13H21N3O/c1-3-5-11-8-13(17)16(9-11)12(4-2)15-7-6-14-10-15/h6-7,10-12H,3-5,8-9H2,1-2H3. The first-order valence-electron chi connectivity index (χ1n) is 6.53. The van der Waals surface area contributed by atoms with Crippen molar-refractivity contribution in [3.63, 3.8) is 0 Å². The van der Waals surface area contributed by atoms with Crippen molar-refractivity contribution in [1.82, 2.24) is 14.5 Å². The fraction of sp³-hybridized carbons (Fsp3) is 0.692. The summed E-state index contributed by atoms with van der Waals surface area (Å²) in [7, 11) is 0.